The molecule has 0 saturated carbocycles. The number of methoxy groups -OCH3 is 1. The number of fused-ring (bicyclic) bond motifs is 1. The summed E-state index contributed by atoms with van der Waals surface area (Å²) in [5.41, 5.74) is 4.34. The lowest BCUT2D eigenvalue weighted by molar-refractivity contribution is -0.119. The number of nitrogens with one attached hydrogen (secondary N) is 1. The lowest BCUT2D eigenvalue weighted by Gasteiger charge is -2.20. The fourth-order valence-corrected chi connectivity index (χ4v) is 3.56. The van der Waals surface area contributed by atoms with Gasteiger partial charge in [-0.2, -0.15) is 0 Å². The lowest BCUT2D eigenvalue weighted by Crippen LogP contribution is -2.38. The molecule has 1 amide bonds. The molecule has 3 aromatic carbocycles. The number of aliphatic imine (C=N–C) groups is 2. The maximum absolute atomic E-state index is 12.8. The third-order valence-corrected chi connectivity index (χ3v) is 5.03. The number of para-hydroxylation sites is 2. The molecule has 0 saturated heterocycles. The molecule has 0 spiro atoms. The molecule has 1 N–H and O–H groups in total. The Morgan fingerprint density at radius 2 is 1.53 bits per heavy atom. The minimum atomic E-state index is -0.261. The van der Waals surface area contributed by atoms with Crippen molar-refractivity contribution in [2.24, 2.45) is 9.98 Å². The van der Waals surface area contributed by atoms with Crippen molar-refractivity contribution in [1.29, 1.82) is 0 Å². The molecule has 5 heteroatoms. The summed E-state index contributed by atoms with van der Waals surface area (Å²) >= 11 is 0. The van der Waals surface area contributed by atoms with Crippen LogP contribution in [0, 0.1) is 0 Å². The molecule has 0 unspecified atom stereocenters. The Labute approximate surface area is 176 Å². The van der Waals surface area contributed by atoms with E-state index in [4.69, 9.17) is 14.7 Å². The molecule has 0 radical (unpaired) electrons. The number of amides is 1. The molecule has 1 atom stereocenters. The largest absolute Gasteiger partial charge is 0.497 e. The zero-order valence-corrected chi connectivity index (χ0v) is 17.0. The van der Waals surface area contributed by atoms with Crippen molar-refractivity contribution in [1.82, 2.24) is 5.32 Å². The Bertz CT molecular complexity index is 1100. The second kappa shape index (κ2) is 8.74. The van der Waals surface area contributed by atoms with Crippen LogP contribution in [-0.2, 0) is 11.2 Å². The summed E-state index contributed by atoms with van der Waals surface area (Å²) in [7, 11) is 1.64. The van der Waals surface area contributed by atoms with Crippen LogP contribution in [0.4, 0.5) is 11.4 Å². The van der Waals surface area contributed by atoms with Crippen LogP contribution >= 0.6 is 0 Å². The second-order valence-electron chi connectivity index (χ2n) is 7.16. The van der Waals surface area contributed by atoms with E-state index in [9.17, 15) is 4.79 Å². The van der Waals surface area contributed by atoms with Gasteiger partial charge in [0.05, 0.1) is 30.8 Å². The van der Waals surface area contributed by atoms with Gasteiger partial charge in [0.25, 0.3) is 0 Å². The van der Waals surface area contributed by atoms with Crippen molar-refractivity contribution in [2.45, 2.75) is 19.3 Å². The molecule has 0 aromatic heterocycles. The standard InChI is InChI=1S/C25H23N3O2/c1-17-24(19-12-14-20(30-2)15-13-19)25(27-22-11-7-6-10-21(22)26-17)28-23(29)16-18-8-4-3-5-9-18/h3-15,24H,16H2,1-2H3,(H,27,28,29)/t24-/m1/s1. The average molecular weight is 397 g/mol. The van der Waals surface area contributed by atoms with Crippen molar-refractivity contribution in [3.05, 3.63) is 90.0 Å². The number of carbonyl (C=O) groups excluding carboxylic acids is 1. The first-order valence-corrected chi connectivity index (χ1v) is 9.84. The van der Waals surface area contributed by atoms with Gasteiger partial charge in [-0.15, -0.1) is 0 Å². The van der Waals surface area contributed by atoms with Crippen LogP contribution in [0.15, 0.2) is 88.8 Å². The molecule has 0 bridgehead atoms. The Kier molecular flexibility index (Phi) is 5.70. The van der Waals surface area contributed by atoms with Gasteiger partial charge in [0, 0.05) is 5.71 Å². The van der Waals surface area contributed by atoms with E-state index < -0.39 is 0 Å². The highest BCUT2D eigenvalue weighted by Crippen LogP contribution is 2.34. The molecule has 0 aliphatic carbocycles. The van der Waals surface area contributed by atoms with Gasteiger partial charge in [-0.05, 0) is 42.3 Å². The van der Waals surface area contributed by atoms with Crippen LogP contribution in [0.3, 0.4) is 0 Å². The van der Waals surface area contributed by atoms with Crippen LogP contribution in [0.2, 0.25) is 0 Å². The summed E-state index contributed by atoms with van der Waals surface area (Å²) in [6, 6.07) is 25.2. The molecule has 1 aliphatic rings. The van der Waals surface area contributed by atoms with Crippen LogP contribution < -0.4 is 10.1 Å². The van der Waals surface area contributed by atoms with Crippen molar-refractivity contribution < 1.29 is 9.53 Å². The maximum Gasteiger partial charge on any atom is 0.229 e. The second-order valence-corrected chi connectivity index (χ2v) is 7.16. The zero-order valence-electron chi connectivity index (χ0n) is 17.0. The lowest BCUT2D eigenvalue weighted by atomic mass is 9.93. The third-order valence-electron chi connectivity index (χ3n) is 5.03. The van der Waals surface area contributed by atoms with Crippen molar-refractivity contribution >= 4 is 28.8 Å². The molecule has 30 heavy (non-hydrogen) atoms. The molecule has 5 nitrogen and oxygen atoms in total. The minimum absolute atomic E-state index is 0.106. The maximum atomic E-state index is 12.8. The fourth-order valence-electron chi connectivity index (χ4n) is 3.56. The summed E-state index contributed by atoms with van der Waals surface area (Å²) < 4.78 is 5.29. The Morgan fingerprint density at radius 1 is 0.900 bits per heavy atom. The topological polar surface area (TPSA) is 63.1 Å². The minimum Gasteiger partial charge on any atom is -0.497 e. The molecule has 4 rings (SSSR count). The van der Waals surface area contributed by atoms with Crippen molar-refractivity contribution in [3.8, 4) is 5.75 Å². The smallest absolute Gasteiger partial charge is 0.229 e. The highest BCUT2D eigenvalue weighted by atomic mass is 16.5. The molecule has 150 valence electrons. The molecule has 1 aliphatic heterocycles. The quantitative estimate of drug-likeness (QED) is 0.675. The summed E-state index contributed by atoms with van der Waals surface area (Å²) in [5.74, 6) is 0.984. The first-order valence-electron chi connectivity index (χ1n) is 9.84. The number of amidine groups is 1. The number of carbonyl (C=O) groups is 1. The van der Waals surface area contributed by atoms with E-state index >= 15 is 0 Å². The predicted molar refractivity (Wildman–Crippen MR) is 120 cm³/mol. The number of rotatable bonds is 4. The van der Waals surface area contributed by atoms with Gasteiger partial charge in [0.2, 0.25) is 5.91 Å². The van der Waals surface area contributed by atoms with Crippen molar-refractivity contribution in [2.75, 3.05) is 7.11 Å². The Hall–Kier alpha value is -3.73. The molecule has 3 aromatic rings. The number of nitrogens with zero attached hydrogens (tertiary/aromatic N) is 2. The van der Waals surface area contributed by atoms with E-state index in [1.807, 2.05) is 85.8 Å². The molecule has 0 fully saturated rings. The van der Waals surface area contributed by atoms with Crippen molar-refractivity contribution in [3.63, 3.8) is 0 Å². The highest BCUT2D eigenvalue weighted by molar-refractivity contribution is 6.17. The van der Waals surface area contributed by atoms with E-state index in [1.54, 1.807) is 7.11 Å². The SMILES string of the molecule is COc1ccc([C@H]2C(C)=Nc3ccccc3N=C2NC(=O)Cc2ccccc2)cc1. The molecular weight excluding hydrogens is 374 g/mol. The van der Waals surface area contributed by atoms with Crippen LogP contribution in [0.25, 0.3) is 0 Å². The highest BCUT2D eigenvalue weighted by Gasteiger charge is 2.26. The van der Waals surface area contributed by atoms with Gasteiger partial charge in [-0.1, -0.05) is 54.6 Å². The van der Waals surface area contributed by atoms with Gasteiger partial charge in [-0.3, -0.25) is 9.79 Å². The summed E-state index contributed by atoms with van der Waals surface area (Å²) in [4.78, 5) is 22.4. The summed E-state index contributed by atoms with van der Waals surface area (Å²) in [6.45, 7) is 1.97. The van der Waals surface area contributed by atoms with E-state index in [2.05, 4.69) is 5.32 Å². The zero-order chi connectivity index (χ0) is 20.9. The number of hydrogen-bond donors (Lipinski definition) is 1. The van der Waals surface area contributed by atoms with E-state index in [0.717, 1.165) is 34.0 Å². The fraction of sp³-hybridized carbons (Fsp3) is 0.160. The normalized spacial score (nSPS) is 15.3. The van der Waals surface area contributed by atoms with Crippen LogP contribution in [-0.4, -0.2) is 24.6 Å². The van der Waals surface area contributed by atoms with Gasteiger partial charge >= 0.3 is 0 Å². The van der Waals surface area contributed by atoms with Gasteiger partial charge in [0.1, 0.15) is 11.6 Å². The van der Waals surface area contributed by atoms with Gasteiger partial charge < -0.3 is 10.1 Å². The first kappa shape index (κ1) is 19.6. The van der Waals surface area contributed by atoms with Crippen LogP contribution in [0.5, 0.6) is 5.75 Å². The number of ether oxygens (including phenoxy) is 1. The summed E-state index contributed by atoms with van der Waals surface area (Å²) in [6.07, 6.45) is 0.285. The van der Waals surface area contributed by atoms with E-state index in [1.165, 1.54) is 0 Å². The number of benzene rings is 3. The Balaban J connectivity index is 1.71. The third kappa shape index (κ3) is 4.30. The van der Waals surface area contributed by atoms with E-state index in [0.29, 0.717) is 5.84 Å². The first-order chi connectivity index (χ1) is 14.6. The van der Waals surface area contributed by atoms with E-state index in [-0.39, 0.29) is 18.2 Å². The molecule has 1 heterocycles. The number of hydrogen-bond acceptors (Lipinski definition) is 4. The summed E-state index contributed by atoms with van der Waals surface area (Å²) in [5, 5.41) is 3.05. The van der Waals surface area contributed by atoms with Gasteiger partial charge in [-0.25, -0.2) is 4.99 Å². The average Bonchev–Trinajstić information content (AvgIpc) is 2.89. The van der Waals surface area contributed by atoms with Crippen LogP contribution in [0.1, 0.15) is 24.0 Å². The predicted octanol–water partition coefficient (Wildman–Crippen LogP) is 4.97. The van der Waals surface area contributed by atoms with Gasteiger partial charge in [0.15, 0.2) is 0 Å². The Morgan fingerprint density at radius 3 is 2.20 bits per heavy atom. The molecular formula is C25H23N3O2. The monoisotopic (exact) mass is 397 g/mol.